The quantitative estimate of drug-likeness (QED) is 0.480. The van der Waals surface area contributed by atoms with E-state index in [4.69, 9.17) is 0 Å². The molecule has 0 spiro atoms. The lowest BCUT2D eigenvalue weighted by atomic mass is 10.0. The topological polar surface area (TPSA) is 101 Å². The summed E-state index contributed by atoms with van der Waals surface area (Å²) in [5, 5.41) is 15.0. The average molecular weight is 445 g/mol. The summed E-state index contributed by atoms with van der Waals surface area (Å²) in [6.45, 7) is 0.0262. The van der Waals surface area contributed by atoms with E-state index in [9.17, 15) is 27.9 Å². The Bertz CT molecular complexity index is 1160. The van der Waals surface area contributed by atoms with Gasteiger partial charge in [0.15, 0.2) is 11.6 Å². The number of rotatable bonds is 7. The first-order chi connectivity index (χ1) is 15.3. The van der Waals surface area contributed by atoms with E-state index in [-0.39, 0.29) is 34.0 Å². The summed E-state index contributed by atoms with van der Waals surface area (Å²) in [6.07, 6.45) is 1.31. The van der Waals surface area contributed by atoms with Crippen LogP contribution in [0.3, 0.4) is 0 Å². The van der Waals surface area contributed by atoms with E-state index in [2.05, 4.69) is 20.4 Å². The number of aromatic nitrogens is 1. The van der Waals surface area contributed by atoms with Crippen LogP contribution in [0, 0.1) is 11.6 Å². The standard InChI is InChI=1S/C22H18F3N3O4/c1-12(29)27-17-6-4-14(10-18(17)30)22(31)28-20(21-15(24)3-2-8-26-21)13-5-7-19(32-11-23)16(25)9-13/h2-10,20,30H,11H2,1H3,(H,27,29)(H,28,31)/t20-/m0/s1. The molecule has 3 aromatic rings. The Labute approximate surface area is 180 Å². The summed E-state index contributed by atoms with van der Waals surface area (Å²) >= 11 is 0. The van der Waals surface area contributed by atoms with Gasteiger partial charge in [-0.2, -0.15) is 0 Å². The average Bonchev–Trinajstić information content (AvgIpc) is 2.75. The van der Waals surface area contributed by atoms with Crippen LogP contribution in [0.25, 0.3) is 0 Å². The minimum Gasteiger partial charge on any atom is -0.506 e. The molecular weight excluding hydrogens is 427 g/mol. The third kappa shape index (κ3) is 5.15. The second-order valence-corrected chi connectivity index (χ2v) is 6.63. The van der Waals surface area contributed by atoms with Crippen LogP contribution in [0.5, 0.6) is 11.5 Å². The number of halogens is 3. The third-order valence-corrected chi connectivity index (χ3v) is 4.41. The van der Waals surface area contributed by atoms with Crippen LogP contribution in [-0.4, -0.2) is 28.8 Å². The Balaban J connectivity index is 1.96. The summed E-state index contributed by atoms with van der Waals surface area (Å²) in [5.41, 5.74) is 0.0416. The fourth-order valence-corrected chi connectivity index (χ4v) is 2.98. The lowest BCUT2D eigenvalue weighted by molar-refractivity contribution is -0.114. The highest BCUT2D eigenvalue weighted by molar-refractivity contribution is 5.97. The maximum Gasteiger partial charge on any atom is 0.252 e. The summed E-state index contributed by atoms with van der Waals surface area (Å²) < 4.78 is 45.6. The smallest absolute Gasteiger partial charge is 0.252 e. The van der Waals surface area contributed by atoms with Gasteiger partial charge < -0.3 is 20.5 Å². The van der Waals surface area contributed by atoms with Crippen molar-refractivity contribution in [2.24, 2.45) is 0 Å². The maximum atomic E-state index is 14.5. The minimum atomic E-state index is -1.23. The van der Waals surface area contributed by atoms with Crippen LogP contribution in [0.15, 0.2) is 54.7 Å². The van der Waals surface area contributed by atoms with E-state index >= 15 is 0 Å². The molecular formula is C22H18F3N3O4. The number of aromatic hydroxyl groups is 1. The molecule has 166 valence electrons. The molecule has 0 radical (unpaired) electrons. The van der Waals surface area contributed by atoms with Gasteiger partial charge in [0.25, 0.3) is 5.91 Å². The highest BCUT2D eigenvalue weighted by Crippen LogP contribution is 2.29. The molecule has 0 saturated heterocycles. The van der Waals surface area contributed by atoms with E-state index < -0.39 is 36.4 Å². The maximum absolute atomic E-state index is 14.5. The summed E-state index contributed by atoms with van der Waals surface area (Å²) in [7, 11) is 0. The number of ether oxygens (including phenoxy) is 1. The van der Waals surface area contributed by atoms with Gasteiger partial charge >= 0.3 is 0 Å². The van der Waals surface area contributed by atoms with Crippen LogP contribution in [0.4, 0.5) is 18.9 Å². The lowest BCUT2D eigenvalue weighted by Crippen LogP contribution is -2.30. The lowest BCUT2D eigenvalue weighted by Gasteiger charge is -2.20. The van der Waals surface area contributed by atoms with Crippen LogP contribution in [0.1, 0.15) is 34.6 Å². The van der Waals surface area contributed by atoms with Crippen molar-refractivity contribution >= 4 is 17.5 Å². The van der Waals surface area contributed by atoms with Crippen molar-refractivity contribution in [3.63, 3.8) is 0 Å². The van der Waals surface area contributed by atoms with E-state index in [0.717, 1.165) is 24.3 Å². The van der Waals surface area contributed by atoms with E-state index in [0.29, 0.717) is 0 Å². The molecule has 1 atom stereocenters. The molecule has 1 heterocycles. The van der Waals surface area contributed by atoms with E-state index in [1.54, 1.807) is 0 Å². The number of benzene rings is 2. The van der Waals surface area contributed by atoms with Crippen LogP contribution in [-0.2, 0) is 4.79 Å². The van der Waals surface area contributed by atoms with Crippen molar-refractivity contribution in [2.45, 2.75) is 13.0 Å². The third-order valence-electron chi connectivity index (χ3n) is 4.41. The molecule has 0 aliphatic carbocycles. The van der Waals surface area contributed by atoms with Crippen LogP contribution >= 0.6 is 0 Å². The molecule has 1 aromatic heterocycles. The molecule has 0 aliphatic heterocycles. The number of alkyl halides is 1. The Kier molecular flexibility index (Phi) is 6.93. The predicted molar refractivity (Wildman–Crippen MR) is 109 cm³/mol. The second-order valence-electron chi connectivity index (χ2n) is 6.63. The van der Waals surface area contributed by atoms with Crippen molar-refractivity contribution in [2.75, 3.05) is 12.2 Å². The number of carbonyl (C=O) groups excluding carboxylic acids is 2. The molecule has 3 rings (SSSR count). The van der Waals surface area contributed by atoms with Crippen molar-refractivity contribution in [1.82, 2.24) is 10.3 Å². The monoisotopic (exact) mass is 445 g/mol. The Morgan fingerprint density at radius 1 is 1.12 bits per heavy atom. The number of nitrogens with one attached hydrogen (secondary N) is 2. The predicted octanol–water partition coefficient (Wildman–Crippen LogP) is 3.85. The molecule has 0 fully saturated rings. The molecule has 0 saturated carbocycles. The number of amides is 2. The number of anilines is 1. The Morgan fingerprint density at radius 3 is 2.53 bits per heavy atom. The van der Waals surface area contributed by atoms with Gasteiger partial charge in [-0.25, -0.2) is 13.2 Å². The molecule has 3 N–H and O–H groups in total. The van der Waals surface area contributed by atoms with Gasteiger partial charge in [-0.15, -0.1) is 0 Å². The summed E-state index contributed by atoms with van der Waals surface area (Å²) in [5.74, 6) is -3.49. The van der Waals surface area contributed by atoms with Crippen molar-refractivity contribution < 1.29 is 32.6 Å². The normalized spacial score (nSPS) is 11.5. The van der Waals surface area contributed by atoms with E-state index in [1.165, 1.54) is 37.4 Å². The van der Waals surface area contributed by atoms with Crippen LogP contribution < -0.4 is 15.4 Å². The van der Waals surface area contributed by atoms with Gasteiger partial charge in [0, 0.05) is 18.7 Å². The van der Waals surface area contributed by atoms with E-state index in [1.807, 2.05) is 0 Å². The molecule has 0 aliphatic rings. The highest BCUT2D eigenvalue weighted by Gasteiger charge is 2.24. The zero-order valence-corrected chi connectivity index (χ0v) is 16.7. The van der Waals surface area contributed by atoms with Gasteiger partial charge in [0.2, 0.25) is 12.8 Å². The molecule has 2 amide bonds. The number of phenolic OH excluding ortho intramolecular Hbond substituents is 1. The number of hydrogen-bond acceptors (Lipinski definition) is 5. The minimum absolute atomic E-state index is 0.00389. The zero-order valence-electron chi connectivity index (χ0n) is 16.7. The Morgan fingerprint density at radius 2 is 1.91 bits per heavy atom. The molecule has 2 aromatic carbocycles. The van der Waals surface area contributed by atoms with Crippen molar-refractivity contribution in [3.05, 3.63) is 83.2 Å². The summed E-state index contributed by atoms with van der Waals surface area (Å²) in [4.78, 5) is 27.9. The van der Waals surface area contributed by atoms with Gasteiger partial charge in [0.1, 0.15) is 17.3 Å². The van der Waals surface area contributed by atoms with Gasteiger partial charge in [-0.05, 0) is 48.0 Å². The number of nitrogens with zero attached hydrogens (tertiary/aromatic N) is 1. The van der Waals surface area contributed by atoms with Crippen molar-refractivity contribution in [3.8, 4) is 11.5 Å². The molecule has 7 nitrogen and oxygen atoms in total. The van der Waals surface area contributed by atoms with Gasteiger partial charge in [-0.3, -0.25) is 14.6 Å². The second kappa shape index (κ2) is 9.82. The first-order valence-corrected chi connectivity index (χ1v) is 9.30. The molecule has 0 unspecified atom stereocenters. The number of pyridine rings is 1. The van der Waals surface area contributed by atoms with Crippen LogP contribution in [0.2, 0.25) is 0 Å². The van der Waals surface area contributed by atoms with Crippen molar-refractivity contribution in [1.29, 1.82) is 0 Å². The SMILES string of the molecule is CC(=O)Nc1ccc(C(=O)N[C@@H](c2ccc(OCF)c(F)c2)c2ncccc2F)cc1O. The highest BCUT2D eigenvalue weighted by atomic mass is 19.1. The number of phenols is 1. The first kappa shape index (κ1) is 22.6. The summed E-state index contributed by atoms with van der Waals surface area (Å²) in [6, 6.07) is 8.52. The molecule has 32 heavy (non-hydrogen) atoms. The number of hydrogen-bond donors (Lipinski definition) is 3. The molecule has 0 bridgehead atoms. The van der Waals surface area contributed by atoms with Gasteiger partial charge in [0.05, 0.1) is 11.7 Å². The van der Waals surface area contributed by atoms with Gasteiger partial charge in [-0.1, -0.05) is 6.07 Å². The fraction of sp³-hybridized carbons (Fsp3) is 0.136. The Hall–Kier alpha value is -4.08. The molecule has 10 heteroatoms. The first-order valence-electron chi connectivity index (χ1n) is 9.30. The zero-order chi connectivity index (χ0) is 23.3. The number of carbonyl (C=O) groups is 2. The fourth-order valence-electron chi connectivity index (χ4n) is 2.98. The largest absolute Gasteiger partial charge is 0.506 e.